The molecule has 0 atom stereocenters. The molecule has 0 aliphatic heterocycles. The number of aliphatic hydroxyl groups is 1. The molecule has 1 aromatic rings. The third kappa shape index (κ3) is 6.77. The fraction of sp³-hybridized carbons (Fsp3) is 0.500. The lowest BCUT2D eigenvalue weighted by molar-refractivity contribution is 0.0907. The normalized spacial score (nSPS) is 10.1. The molecule has 0 spiro atoms. The molecule has 0 fully saturated rings. The van der Waals surface area contributed by atoms with Crippen LogP contribution in [0.5, 0.6) is 5.75 Å². The number of ether oxygens (including phenoxy) is 2. The second-order valence-corrected chi connectivity index (χ2v) is 3.92. The zero-order valence-corrected chi connectivity index (χ0v) is 11.0. The molecule has 0 bridgehead atoms. The molecule has 0 aromatic heterocycles. The molecule has 0 amide bonds. The van der Waals surface area contributed by atoms with E-state index in [1.165, 1.54) is 0 Å². The van der Waals surface area contributed by atoms with Crippen LogP contribution in [0.15, 0.2) is 24.3 Å². The summed E-state index contributed by atoms with van der Waals surface area (Å²) in [4.78, 5) is 0. The molecule has 0 aliphatic rings. The molecule has 5 nitrogen and oxygen atoms in total. The topological polar surface area (TPSA) is 74.5 Å². The van der Waals surface area contributed by atoms with Gasteiger partial charge in [0.25, 0.3) is 0 Å². The molecule has 5 heteroatoms. The maximum absolute atomic E-state index is 8.54. The van der Waals surface area contributed by atoms with Crippen molar-refractivity contribution in [3.63, 3.8) is 0 Å². The minimum atomic E-state index is 0.0615. The van der Waals surface area contributed by atoms with Gasteiger partial charge in [-0.05, 0) is 19.0 Å². The average molecular weight is 264 g/mol. The Morgan fingerprint density at radius 2 is 2.11 bits per heavy atom. The molecule has 2 N–H and O–H groups in total. The van der Waals surface area contributed by atoms with Gasteiger partial charge in [-0.1, -0.05) is 18.2 Å². The fourth-order valence-electron chi connectivity index (χ4n) is 1.59. The number of rotatable bonds is 10. The molecule has 19 heavy (non-hydrogen) atoms. The third-order valence-electron chi connectivity index (χ3n) is 2.46. The van der Waals surface area contributed by atoms with Crippen molar-refractivity contribution in [2.75, 3.05) is 33.0 Å². The van der Waals surface area contributed by atoms with Crippen LogP contribution in [0.4, 0.5) is 0 Å². The first kappa shape index (κ1) is 15.4. The summed E-state index contributed by atoms with van der Waals surface area (Å²) in [6, 6.07) is 9.63. The van der Waals surface area contributed by atoms with Crippen LogP contribution in [-0.4, -0.2) is 38.1 Å². The van der Waals surface area contributed by atoms with Gasteiger partial charge in [0.05, 0.1) is 13.2 Å². The minimum Gasteiger partial charge on any atom is -0.478 e. The van der Waals surface area contributed by atoms with Gasteiger partial charge in [0, 0.05) is 18.7 Å². The Morgan fingerprint density at radius 1 is 1.26 bits per heavy atom. The number of nitrogens with one attached hydrogen (secondary N) is 1. The molecule has 1 rings (SSSR count). The van der Waals surface area contributed by atoms with E-state index in [9.17, 15) is 0 Å². The molecule has 0 aliphatic carbocycles. The van der Waals surface area contributed by atoms with Gasteiger partial charge >= 0.3 is 0 Å². The van der Waals surface area contributed by atoms with Gasteiger partial charge in [0.1, 0.15) is 11.8 Å². The summed E-state index contributed by atoms with van der Waals surface area (Å²) in [6.07, 6.45) is 0.890. The summed E-state index contributed by atoms with van der Waals surface area (Å²) in [5, 5.41) is 20.3. The first-order chi connectivity index (χ1) is 9.38. The van der Waals surface area contributed by atoms with Crippen molar-refractivity contribution in [3.05, 3.63) is 29.8 Å². The Hall–Kier alpha value is -1.61. The predicted octanol–water partition coefficient (Wildman–Crippen LogP) is 1.08. The van der Waals surface area contributed by atoms with Crippen molar-refractivity contribution in [1.82, 2.24) is 5.32 Å². The van der Waals surface area contributed by atoms with E-state index in [0.29, 0.717) is 19.8 Å². The fourth-order valence-corrected chi connectivity index (χ4v) is 1.59. The summed E-state index contributed by atoms with van der Waals surface area (Å²) >= 11 is 0. The lowest BCUT2D eigenvalue weighted by atomic mass is 10.2. The van der Waals surface area contributed by atoms with Gasteiger partial charge in [-0.2, -0.15) is 5.26 Å². The van der Waals surface area contributed by atoms with Crippen molar-refractivity contribution in [1.29, 1.82) is 5.26 Å². The SMILES string of the molecule is N#CCOc1ccccc1CNCCCOCCO. The number of nitrogens with zero attached hydrogens (tertiary/aromatic N) is 1. The maximum Gasteiger partial charge on any atom is 0.174 e. The first-order valence-corrected chi connectivity index (χ1v) is 6.35. The van der Waals surface area contributed by atoms with E-state index in [2.05, 4.69) is 5.32 Å². The van der Waals surface area contributed by atoms with Crippen molar-refractivity contribution in [2.24, 2.45) is 0 Å². The molecule has 104 valence electrons. The van der Waals surface area contributed by atoms with E-state index in [1.807, 2.05) is 30.3 Å². The van der Waals surface area contributed by atoms with Crippen molar-refractivity contribution in [2.45, 2.75) is 13.0 Å². The molecule has 1 aromatic carbocycles. The molecule has 0 radical (unpaired) electrons. The van der Waals surface area contributed by atoms with Crippen LogP contribution in [-0.2, 0) is 11.3 Å². The van der Waals surface area contributed by atoms with Gasteiger partial charge in [-0.15, -0.1) is 0 Å². The van der Waals surface area contributed by atoms with Crippen LogP contribution in [0.1, 0.15) is 12.0 Å². The average Bonchev–Trinajstić information content (AvgIpc) is 2.45. The third-order valence-corrected chi connectivity index (χ3v) is 2.46. The molecular weight excluding hydrogens is 244 g/mol. The highest BCUT2D eigenvalue weighted by atomic mass is 16.5. The van der Waals surface area contributed by atoms with Crippen molar-refractivity contribution in [3.8, 4) is 11.8 Å². The largest absolute Gasteiger partial charge is 0.478 e. The summed E-state index contributed by atoms with van der Waals surface area (Å²) < 4.78 is 10.5. The van der Waals surface area contributed by atoms with Crippen LogP contribution in [0.25, 0.3) is 0 Å². The van der Waals surface area contributed by atoms with Crippen molar-refractivity contribution < 1.29 is 14.6 Å². The molecule has 0 saturated heterocycles. The maximum atomic E-state index is 8.54. The van der Waals surface area contributed by atoms with Gasteiger partial charge in [-0.25, -0.2) is 0 Å². The summed E-state index contributed by atoms with van der Waals surface area (Å²) in [6.45, 7) is 2.69. The first-order valence-electron chi connectivity index (χ1n) is 6.35. The highest BCUT2D eigenvalue weighted by molar-refractivity contribution is 5.33. The van der Waals surface area contributed by atoms with Crippen LogP contribution >= 0.6 is 0 Å². The highest BCUT2D eigenvalue weighted by Gasteiger charge is 2.01. The standard InChI is InChI=1S/C14H20N2O3/c15-6-10-19-14-5-2-1-4-13(14)12-16-7-3-9-18-11-8-17/h1-2,4-5,16-17H,3,7-12H2. The number of benzene rings is 1. The summed E-state index contributed by atoms with van der Waals surface area (Å²) in [7, 11) is 0. The van der Waals surface area contributed by atoms with Crippen LogP contribution in [0.3, 0.4) is 0 Å². The van der Waals surface area contributed by atoms with E-state index in [1.54, 1.807) is 0 Å². The second-order valence-electron chi connectivity index (χ2n) is 3.92. The Labute approximate surface area is 113 Å². The van der Waals surface area contributed by atoms with Gasteiger partial charge in [0.2, 0.25) is 0 Å². The van der Waals surface area contributed by atoms with Gasteiger partial charge in [0.15, 0.2) is 6.61 Å². The molecule has 0 saturated carbocycles. The summed E-state index contributed by atoms with van der Waals surface area (Å²) in [5.41, 5.74) is 1.04. The number of aliphatic hydroxyl groups excluding tert-OH is 1. The molecule has 0 unspecified atom stereocenters. The Kier molecular flexibility index (Phi) is 8.39. The van der Waals surface area contributed by atoms with Crippen LogP contribution < -0.4 is 10.1 Å². The van der Waals surface area contributed by atoms with Gasteiger partial charge < -0.3 is 19.9 Å². The van der Waals surface area contributed by atoms with Gasteiger partial charge in [-0.3, -0.25) is 0 Å². The predicted molar refractivity (Wildman–Crippen MR) is 71.8 cm³/mol. The van der Waals surface area contributed by atoms with E-state index in [0.717, 1.165) is 24.3 Å². The van der Waals surface area contributed by atoms with Crippen LogP contribution in [0.2, 0.25) is 0 Å². The minimum absolute atomic E-state index is 0.0615. The smallest absolute Gasteiger partial charge is 0.174 e. The quantitative estimate of drug-likeness (QED) is 0.618. The number of hydrogen-bond donors (Lipinski definition) is 2. The summed E-state index contributed by atoms with van der Waals surface area (Å²) in [5.74, 6) is 0.744. The Bertz CT molecular complexity index is 391. The molecule has 0 heterocycles. The van der Waals surface area contributed by atoms with E-state index in [-0.39, 0.29) is 13.2 Å². The number of nitriles is 1. The van der Waals surface area contributed by atoms with E-state index in [4.69, 9.17) is 19.8 Å². The Balaban J connectivity index is 2.23. The second kappa shape index (κ2) is 10.3. The van der Waals surface area contributed by atoms with E-state index >= 15 is 0 Å². The van der Waals surface area contributed by atoms with Crippen LogP contribution in [0, 0.1) is 11.3 Å². The Morgan fingerprint density at radius 3 is 2.89 bits per heavy atom. The lowest BCUT2D eigenvalue weighted by Gasteiger charge is -2.10. The highest BCUT2D eigenvalue weighted by Crippen LogP contribution is 2.17. The number of hydrogen-bond acceptors (Lipinski definition) is 5. The lowest BCUT2D eigenvalue weighted by Crippen LogP contribution is -2.17. The zero-order valence-electron chi connectivity index (χ0n) is 11.0. The monoisotopic (exact) mass is 264 g/mol. The van der Waals surface area contributed by atoms with E-state index < -0.39 is 0 Å². The number of para-hydroxylation sites is 1. The zero-order chi connectivity index (χ0) is 13.8. The molecular formula is C14H20N2O3. The van der Waals surface area contributed by atoms with Crippen molar-refractivity contribution >= 4 is 0 Å².